The normalized spacial score (nSPS) is 21.5. The molecule has 0 aromatic rings. The Morgan fingerprint density at radius 3 is 2.60 bits per heavy atom. The number of carbonyl (C=O) groups is 3. The maximum absolute atomic E-state index is 12.2. The maximum Gasteiger partial charge on any atom is 0.311 e. The van der Waals surface area contributed by atoms with Crippen molar-refractivity contribution in [1.82, 2.24) is 10.2 Å². The Morgan fingerprint density at radius 2 is 2.05 bits per heavy atom. The summed E-state index contributed by atoms with van der Waals surface area (Å²) in [6, 6.07) is -0.419. The molecule has 1 aliphatic rings. The van der Waals surface area contributed by atoms with E-state index in [1.54, 1.807) is 4.90 Å². The predicted molar refractivity (Wildman–Crippen MR) is 71.0 cm³/mol. The van der Waals surface area contributed by atoms with Crippen LogP contribution in [-0.4, -0.2) is 60.1 Å². The molecule has 0 spiro atoms. The van der Waals surface area contributed by atoms with Gasteiger partial charge in [-0.1, -0.05) is 6.92 Å². The Kier molecular flexibility index (Phi) is 6.44. The summed E-state index contributed by atoms with van der Waals surface area (Å²) in [5.41, 5.74) is 0. The second-order valence-electron chi connectivity index (χ2n) is 4.87. The van der Waals surface area contributed by atoms with Crippen molar-refractivity contribution in [2.24, 2.45) is 5.92 Å². The van der Waals surface area contributed by atoms with Crippen molar-refractivity contribution < 1.29 is 24.2 Å². The van der Waals surface area contributed by atoms with Gasteiger partial charge in [0.25, 0.3) is 0 Å². The van der Waals surface area contributed by atoms with Crippen LogP contribution in [0, 0.1) is 5.92 Å². The van der Waals surface area contributed by atoms with Gasteiger partial charge in [0.2, 0.25) is 11.8 Å². The summed E-state index contributed by atoms with van der Waals surface area (Å²) < 4.78 is 5.21. The van der Waals surface area contributed by atoms with Gasteiger partial charge in [0.05, 0.1) is 19.3 Å². The third-order valence-corrected chi connectivity index (χ3v) is 3.27. The summed E-state index contributed by atoms with van der Waals surface area (Å²) >= 11 is 0. The Hall–Kier alpha value is -1.63. The number of nitrogens with one attached hydrogen (secondary N) is 1. The molecule has 0 aromatic heterocycles. The van der Waals surface area contributed by atoms with Gasteiger partial charge in [0, 0.05) is 26.4 Å². The van der Waals surface area contributed by atoms with E-state index in [1.807, 2.05) is 6.92 Å². The molecule has 2 N–H and O–H groups in total. The average Bonchev–Trinajstić information content (AvgIpc) is 2.84. The molecule has 0 aliphatic carbocycles. The predicted octanol–water partition coefficient (Wildman–Crippen LogP) is -0.149. The van der Waals surface area contributed by atoms with E-state index in [9.17, 15) is 14.4 Å². The number of hydrogen-bond acceptors (Lipinski definition) is 4. The molecular formula is C13H22N2O5. The zero-order valence-electron chi connectivity index (χ0n) is 11.9. The first kappa shape index (κ1) is 16.4. The van der Waals surface area contributed by atoms with Crippen LogP contribution in [0.3, 0.4) is 0 Å². The molecule has 0 bridgehead atoms. The minimum atomic E-state index is -0.941. The lowest BCUT2D eigenvalue weighted by atomic mass is 10.0. The number of carboxylic acid groups (broad SMARTS) is 1. The van der Waals surface area contributed by atoms with Gasteiger partial charge in [-0.05, 0) is 6.42 Å². The molecule has 1 heterocycles. The molecule has 1 fully saturated rings. The summed E-state index contributed by atoms with van der Waals surface area (Å²) in [5.74, 6) is -1.95. The number of rotatable bonds is 7. The SMILES string of the molecule is CCCN(C(=O)CCNC(C)=O)C1COCC1C(=O)O. The Morgan fingerprint density at radius 1 is 1.35 bits per heavy atom. The van der Waals surface area contributed by atoms with E-state index in [4.69, 9.17) is 9.84 Å². The monoisotopic (exact) mass is 286 g/mol. The van der Waals surface area contributed by atoms with Crippen molar-refractivity contribution in [3.63, 3.8) is 0 Å². The molecular weight excluding hydrogens is 264 g/mol. The Bertz CT molecular complexity index is 372. The number of carbonyl (C=O) groups excluding carboxylic acids is 2. The largest absolute Gasteiger partial charge is 0.481 e. The Labute approximate surface area is 118 Å². The topological polar surface area (TPSA) is 95.9 Å². The van der Waals surface area contributed by atoms with E-state index in [0.717, 1.165) is 6.42 Å². The molecule has 1 aliphatic heterocycles. The van der Waals surface area contributed by atoms with Crippen LogP contribution in [0.5, 0.6) is 0 Å². The molecule has 114 valence electrons. The van der Waals surface area contributed by atoms with Crippen molar-refractivity contribution in [2.45, 2.75) is 32.7 Å². The zero-order chi connectivity index (χ0) is 15.1. The highest BCUT2D eigenvalue weighted by atomic mass is 16.5. The smallest absolute Gasteiger partial charge is 0.311 e. The molecule has 0 aromatic carbocycles. The highest BCUT2D eigenvalue weighted by Gasteiger charge is 2.39. The number of nitrogens with zero attached hydrogens (tertiary/aromatic N) is 1. The first-order chi connectivity index (χ1) is 9.47. The van der Waals surface area contributed by atoms with Crippen LogP contribution in [0.2, 0.25) is 0 Å². The van der Waals surface area contributed by atoms with E-state index in [2.05, 4.69) is 5.32 Å². The van der Waals surface area contributed by atoms with Gasteiger partial charge in [0.15, 0.2) is 0 Å². The van der Waals surface area contributed by atoms with Crippen molar-refractivity contribution in [3.8, 4) is 0 Å². The lowest BCUT2D eigenvalue weighted by Gasteiger charge is -2.30. The number of hydrogen-bond donors (Lipinski definition) is 2. The van der Waals surface area contributed by atoms with Crippen molar-refractivity contribution >= 4 is 17.8 Å². The molecule has 2 unspecified atom stereocenters. The number of amides is 2. The number of carboxylic acids is 1. The van der Waals surface area contributed by atoms with Crippen molar-refractivity contribution in [1.29, 1.82) is 0 Å². The summed E-state index contributed by atoms with van der Waals surface area (Å²) in [6.07, 6.45) is 0.914. The molecule has 0 radical (unpaired) electrons. The van der Waals surface area contributed by atoms with Crippen LogP contribution >= 0.6 is 0 Å². The molecule has 20 heavy (non-hydrogen) atoms. The maximum atomic E-state index is 12.2. The summed E-state index contributed by atoms with van der Waals surface area (Å²) in [4.78, 5) is 35.7. The third-order valence-electron chi connectivity index (χ3n) is 3.27. The molecule has 7 nitrogen and oxygen atoms in total. The van der Waals surface area contributed by atoms with Crippen molar-refractivity contribution in [2.75, 3.05) is 26.3 Å². The second kappa shape index (κ2) is 7.84. The third kappa shape index (κ3) is 4.48. The first-order valence-electron chi connectivity index (χ1n) is 6.81. The van der Waals surface area contributed by atoms with E-state index < -0.39 is 17.9 Å². The van der Waals surface area contributed by atoms with Crippen LogP contribution in [-0.2, 0) is 19.1 Å². The van der Waals surface area contributed by atoms with Gasteiger partial charge in [-0.3, -0.25) is 14.4 Å². The fraction of sp³-hybridized carbons (Fsp3) is 0.769. The average molecular weight is 286 g/mol. The summed E-state index contributed by atoms with van der Waals surface area (Å²) in [5, 5.41) is 11.7. The lowest BCUT2D eigenvalue weighted by Crippen LogP contribution is -2.47. The Balaban J connectivity index is 2.64. The minimum absolute atomic E-state index is 0.138. The second-order valence-corrected chi connectivity index (χ2v) is 4.87. The van der Waals surface area contributed by atoms with Gasteiger partial charge in [-0.25, -0.2) is 0 Å². The zero-order valence-corrected chi connectivity index (χ0v) is 11.9. The van der Waals surface area contributed by atoms with Crippen LogP contribution < -0.4 is 5.32 Å². The van der Waals surface area contributed by atoms with Gasteiger partial charge >= 0.3 is 5.97 Å². The van der Waals surface area contributed by atoms with E-state index in [0.29, 0.717) is 6.54 Å². The molecule has 7 heteroatoms. The molecule has 2 atom stereocenters. The van der Waals surface area contributed by atoms with E-state index in [1.165, 1.54) is 6.92 Å². The lowest BCUT2D eigenvalue weighted by molar-refractivity contribution is -0.145. The van der Waals surface area contributed by atoms with Crippen molar-refractivity contribution in [3.05, 3.63) is 0 Å². The van der Waals surface area contributed by atoms with Crippen LogP contribution in [0.1, 0.15) is 26.7 Å². The standard InChI is InChI=1S/C13H22N2O5/c1-3-6-15(12(17)4-5-14-9(2)16)11-8-20-7-10(11)13(18)19/h10-11H,3-8H2,1-2H3,(H,14,16)(H,18,19). The van der Waals surface area contributed by atoms with E-state index in [-0.39, 0.29) is 38.0 Å². The van der Waals surface area contributed by atoms with Gasteiger partial charge in [-0.2, -0.15) is 0 Å². The minimum Gasteiger partial charge on any atom is -0.481 e. The van der Waals surface area contributed by atoms with E-state index >= 15 is 0 Å². The van der Waals surface area contributed by atoms with Crippen LogP contribution in [0.4, 0.5) is 0 Å². The fourth-order valence-corrected chi connectivity index (χ4v) is 2.29. The fourth-order valence-electron chi connectivity index (χ4n) is 2.29. The molecule has 2 amide bonds. The highest BCUT2D eigenvalue weighted by Crippen LogP contribution is 2.21. The quantitative estimate of drug-likeness (QED) is 0.678. The first-order valence-corrected chi connectivity index (χ1v) is 6.81. The van der Waals surface area contributed by atoms with Gasteiger partial charge in [0.1, 0.15) is 5.92 Å². The number of aliphatic carboxylic acids is 1. The van der Waals surface area contributed by atoms with Crippen LogP contribution in [0.25, 0.3) is 0 Å². The number of ether oxygens (including phenoxy) is 1. The summed E-state index contributed by atoms with van der Waals surface area (Å²) in [6.45, 7) is 4.47. The van der Waals surface area contributed by atoms with Crippen LogP contribution in [0.15, 0.2) is 0 Å². The molecule has 1 rings (SSSR count). The van der Waals surface area contributed by atoms with Gasteiger partial charge in [-0.15, -0.1) is 0 Å². The molecule has 1 saturated heterocycles. The molecule has 0 saturated carbocycles. The highest BCUT2D eigenvalue weighted by molar-refractivity contribution is 5.79. The van der Waals surface area contributed by atoms with Gasteiger partial charge < -0.3 is 20.1 Å². The summed E-state index contributed by atoms with van der Waals surface area (Å²) in [7, 11) is 0.